The number of nitrogens with one attached hydrogen (secondary N) is 2. The number of hydrazine groups is 1. The molecular formula is C17H20N6. The number of anilines is 1. The van der Waals surface area contributed by atoms with Crippen LogP contribution in [0.15, 0.2) is 54.6 Å². The molecule has 0 amide bonds. The monoisotopic (exact) mass is 308 g/mol. The van der Waals surface area contributed by atoms with Gasteiger partial charge in [-0.3, -0.25) is 16.1 Å². The maximum atomic E-state index is 8.83. The third-order valence-electron chi connectivity index (χ3n) is 3.77. The molecule has 6 nitrogen and oxygen atoms in total. The molecule has 1 heterocycles. The predicted octanol–water partition coefficient (Wildman–Crippen LogP) is 1.45. The van der Waals surface area contributed by atoms with E-state index in [9.17, 15) is 0 Å². The Morgan fingerprint density at radius 2 is 1.91 bits per heavy atom. The molecular weight excluding hydrogens is 288 g/mol. The number of benzene rings is 2. The van der Waals surface area contributed by atoms with Gasteiger partial charge in [0, 0.05) is 12.2 Å². The van der Waals surface area contributed by atoms with Crippen LogP contribution in [0.3, 0.4) is 0 Å². The number of nitrogens with zero attached hydrogens (tertiary/aromatic N) is 3. The van der Waals surface area contributed by atoms with Crippen LogP contribution in [0.4, 0.5) is 5.69 Å². The Kier molecular flexibility index (Phi) is 4.86. The number of rotatable bonds is 4. The molecule has 23 heavy (non-hydrogen) atoms. The lowest BCUT2D eigenvalue weighted by atomic mass is 10.2. The molecule has 3 rings (SSSR count). The molecule has 1 aliphatic heterocycles. The van der Waals surface area contributed by atoms with Crippen LogP contribution in [-0.4, -0.2) is 29.5 Å². The topological polar surface area (TPSA) is 80.4 Å². The van der Waals surface area contributed by atoms with Crippen LogP contribution >= 0.6 is 0 Å². The van der Waals surface area contributed by atoms with Gasteiger partial charge in [-0.1, -0.05) is 30.3 Å². The summed E-state index contributed by atoms with van der Waals surface area (Å²) in [6, 6.07) is 19.8. The molecule has 0 radical (unpaired) electrons. The fourth-order valence-corrected chi connectivity index (χ4v) is 2.58. The van der Waals surface area contributed by atoms with Crippen LogP contribution in [0.2, 0.25) is 0 Å². The Balaban J connectivity index is 1.55. The highest BCUT2D eigenvalue weighted by Crippen LogP contribution is 2.13. The van der Waals surface area contributed by atoms with Crippen LogP contribution in [-0.2, 0) is 6.54 Å². The first kappa shape index (κ1) is 15.5. The summed E-state index contributed by atoms with van der Waals surface area (Å²) in [5.74, 6) is 6.14. The zero-order valence-electron chi connectivity index (χ0n) is 12.8. The summed E-state index contributed by atoms with van der Waals surface area (Å²) >= 11 is 0. The minimum Gasteiger partial charge on any atom is -0.356 e. The molecule has 0 saturated carbocycles. The number of nitriles is 1. The van der Waals surface area contributed by atoms with E-state index in [1.54, 1.807) is 17.1 Å². The van der Waals surface area contributed by atoms with E-state index in [2.05, 4.69) is 33.7 Å². The zero-order valence-corrected chi connectivity index (χ0v) is 12.8. The molecule has 4 N–H and O–H groups in total. The number of hydrogen-bond acceptors (Lipinski definition) is 6. The van der Waals surface area contributed by atoms with Crippen molar-refractivity contribution in [3.63, 3.8) is 0 Å². The molecule has 0 bridgehead atoms. The van der Waals surface area contributed by atoms with Gasteiger partial charge in [-0.05, 0) is 29.8 Å². The van der Waals surface area contributed by atoms with E-state index >= 15 is 0 Å². The van der Waals surface area contributed by atoms with Crippen LogP contribution in [0.5, 0.6) is 0 Å². The van der Waals surface area contributed by atoms with Gasteiger partial charge in [-0.25, -0.2) is 0 Å². The average molecular weight is 308 g/mol. The van der Waals surface area contributed by atoms with E-state index in [0.29, 0.717) is 12.2 Å². The summed E-state index contributed by atoms with van der Waals surface area (Å²) in [5, 5.41) is 17.2. The Labute approximate surface area is 136 Å². The van der Waals surface area contributed by atoms with Crippen LogP contribution in [0.25, 0.3) is 0 Å². The lowest BCUT2D eigenvalue weighted by molar-refractivity contribution is 0.0219. The minimum atomic E-state index is -0.144. The normalized spacial score (nSPS) is 19.2. The van der Waals surface area contributed by atoms with Gasteiger partial charge in [0.2, 0.25) is 0 Å². The van der Waals surface area contributed by atoms with E-state index in [0.717, 1.165) is 18.9 Å². The molecule has 1 aliphatic rings. The first-order chi connectivity index (χ1) is 11.2. The summed E-state index contributed by atoms with van der Waals surface area (Å²) < 4.78 is 0. The molecule has 118 valence electrons. The average Bonchev–Trinajstić information content (AvgIpc) is 2.59. The maximum Gasteiger partial charge on any atom is 0.149 e. The van der Waals surface area contributed by atoms with Crippen molar-refractivity contribution in [3.8, 4) is 6.07 Å². The highest BCUT2D eigenvalue weighted by molar-refractivity contribution is 5.47. The van der Waals surface area contributed by atoms with Gasteiger partial charge in [0.25, 0.3) is 0 Å². The van der Waals surface area contributed by atoms with Crippen molar-refractivity contribution < 1.29 is 0 Å². The third-order valence-corrected chi connectivity index (χ3v) is 3.77. The summed E-state index contributed by atoms with van der Waals surface area (Å²) in [4.78, 5) is 2.23. The number of nitrogens with two attached hydrogens (primary N) is 1. The second-order valence-electron chi connectivity index (χ2n) is 5.57. The predicted molar refractivity (Wildman–Crippen MR) is 89.4 cm³/mol. The lowest BCUT2D eigenvalue weighted by Gasteiger charge is -2.40. The molecule has 2 aromatic carbocycles. The van der Waals surface area contributed by atoms with Crippen molar-refractivity contribution in [2.75, 3.05) is 18.7 Å². The second kappa shape index (κ2) is 7.22. The Hall–Kier alpha value is -2.43. The summed E-state index contributed by atoms with van der Waals surface area (Å²) in [5.41, 5.74) is 2.83. The fraction of sp³-hybridized carbons (Fsp3) is 0.235. The van der Waals surface area contributed by atoms with Crippen molar-refractivity contribution in [3.05, 3.63) is 65.7 Å². The standard InChI is InChI=1S/C17H20N6/c18-10-14-6-8-16(9-7-14)21-17-20-12-22(13-23(17)19)11-15-4-2-1-3-5-15/h1-9,17,20-21H,11-13,19H2. The number of hydrogen-bond donors (Lipinski definition) is 3. The largest absolute Gasteiger partial charge is 0.356 e. The Morgan fingerprint density at radius 1 is 1.17 bits per heavy atom. The molecule has 1 fully saturated rings. The van der Waals surface area contributed by atoms with Gasteiger partial charge < -0.3 is 5.32 Å². The minimum absolute atomic E-state index is 0.144. The highest BCUT2D eigenvalue weighted by Gasteiger charge is 2.23. The SMILES string of the molecule is N#Cc1ccc(NC2NCN(Cc3ccccc3)CN2N)cc1. The van der Waals surface area contributed by atoms with E-state index in [1.807, 2.05) is 30.3 Å². The van der Waals surface area contributed by atoms with E-state index in [1.165, 1.54) is 5.56 Å². The Bertz CT molecular complexity index is 664. The van der Waals surface area contributed by atoms with Gasteiger partial charge in [0.05, 0.1) is 25.0 Å². The smallest absolute Gasteiger partial charge is 0.149 e. The quantitative estimate of drug-likeness (QED) is 0.742. The van der Waals surface area contributed by atoms with Gasteiger partial charge in [-0.15, -0.1) is 0 Å². The van der Waals surface area contributed by atoms with Crippen LogP contribution in [0, 0.1) is 11.3 Å². The maximum absolute atomic E-state index is 8.83. The first-order valence-corrected chi connectivity index (χ1v) is 7.52. The van der Waals surface area contributed by atoms with Gasteiger partial charge in [0.15, 0.2) is 0 Å². The van der Waals surface area contributed by atoms with Crippen LogP contribution < -0.4 is 16.5 Å². The summed E-state index contributed by atoms with van der Waals surface area (Å²) in [6.07, 6.45) is -0.144. The van der Waals surface area contributed by atoms with Gasteiger partial charge >= 0.3 is 0 Å². The molecule has 0 aromatic heterocycles. The van der Waals surface area contributed by atoms with Crippen molar-refractivity contribution in [1.29, 1.82) is 5.26 Å². The molecule has 6 heteroatoms. The van der Waals surface area contributed by atoms with E-state index < -0.39 is 0 Å². The molecule has 1 saturated heterocycles. The van der Waals surface area contributed by atoms with Crippen molar-refractivity contribution in [2.24, 2.45) is 5.84 Å². The van der Waals surface area contributed by atoms with Crippen molar-refractivity contribution in [1.82, 2.24) is 15.2 Å². The second-order valence-corrected chi connectivity index (χ2v) is 5.57. The highest BCUT2D eigenvalue weighted by atomic mass is 15.6. The fourth-order valence-electron chi connectivity index (χ4n) is 2.58. The van der Waals surface area contributed by atoms with Crippen molar-refractivity contribution in [2.45, 2.75) is 12.8 Å². The van der Waals surface area contributed by atoms with Gasteiger partial charge in [0.1, 0.15) is 6.29 Å². The molecule has 2 aromatic rings. The lowest BCUT2D eigenvalue weighted by Crippen LogP contribution is -2.64. The Morgan fingerprint density at radius 3 is 2.57 bits per heavy atom. The third kappa shape index (κ3) is 4.06. The molecule has 1 unspecified atom stereocenters. The summed E-state index contributed by atoms with van der Waals surface area (Å²) in [7, 11) is 0. The molecule has 0 spiro atoms. The summed E-state index contributed by atoms with van der Waals surface area (Å²) in [6.45, 7) is 2.26. The molecule has 0 aliphatic carbocycles. The van der Waals surface area contributed by atoms with Crippen LogP contribution in [0.1, 0.15) is 11.1 Å². The van der Waals surface area contributed by atoms with Gasteiger partial charge in [-0.2, -0.15) is 10.3 Å². The first-order valence-electron chi connectivity index (χ1n) is 7.52. The van der Waals surface area contributed by atoms with Crippen molar-refractivity contribution >= 4 is 5.69 Å². The van der Waals surface area contributed by atoms with E-state index in [-0.39, 0.29) is 6.29 Å². The van der Waals surface area contributed by atoms with E-state index in [4.69, 9.17) is 11.1 Å². The zero-order chi connectivity index (χ0) is 16.1. The molecule has 1 atom stereocenters.